The number of hydrogen-bond donors (Lipinski definition) is 2. The van der Waals surface area contributed by atoms with Gasteiger partial charge < -0.3 is 15.7 Å². The maximum Gasteiger partial charge on any atom is 0.139 e. The number of nitrogens with two attached hydrogens (primary N) is 1. The van der Waals surface area contributed by atoms with E-state index in [1.165, 1.54) is 19.3 Å². The summed E-state index contributed by atoms with van der Waals surface area (Å²) in [5, 5.41) is 11.4. The SMILES string of the molecule is CC1CCC(C(C)C)C(OCCCCC(N)=NO)C1. The van der Waals surface area contributed by atoms with Gasteiger partial charge in [0.15, 0.2) is 0 Å². The number of nitrogens with zero attached hydrogens (tertiary/aromatic N) is 1. The molecule has 112 valence electrons. The van der Waals surface area contributed by atoms with Gasteiger partial charge in [-0.3, -0.25) is 0 Å². The van der Waals surface area contributed by atoms with Crippen LogP contribution in [0.5, 0.6) is 0 Å². The zero-order chi connectivity index (χ0) is 14.3. The van der Waals surface area contributed by atoms with E-state index in [4.69, 9.17) is 15.7 Å². The minimum atomic E-state index is 0.311. The Balaban J connectivity index is 2.25. The van der Waals surface area contributed by atoms with Gasteiger partial charge in [0, 0.05) is 13.0 Å². The summed E-state index contributed by atoms with van der Waals surface area (Å²) < 4.78 is 6.10. The number of unbranched alkanes of at least 4 members (excludes halogenated alkanes) is 1. The molecule has 0 bridgehead atoms. The van der Waals surface area contributed by atoms with Crippen LogP contribution in [0.1, 0.15) is 59.3 Å². The molecule has 3 atom stereocenters. The predicted molar refractivity (Wildman–Crippen MR) is 78.3 cm³/mol. The van der Waals surface area contributed by atoms with Crippen LogP contribution in [0.25, 0.3) is 0 Å². The molecule has 1 fully saturated rings. The Morgan fingerprint density at radius 2 is 2.11 bits per heavy atom. The molecule has 19 heavy (non-hydrogen) atoms. The fourth-order valence-electron chi connectivity index (χ4n) is 3.00. The zero-order valence-corrected chi connectivity index (χ0v) is 12.6. The molecule has 4 nitrogen and oxygen atoms in total. The third kappa shape index (κ3) is 5.81. The summed E-state index contributed by atoms with van der Waals surface area (Å²) in [4.78, 5) is 0. The maximum absolute atomic E-state index is 8.45. The molecular formula is C15H30N2O2. The molecule has 1 rings (SSSR count). The van der Waals surface area contributed by atoms with Gasteiger partial charge in [-0.1, -0.05) is 32.3 Å². The third-order valence-corrected chi connectivity index (χ3v) is 4.25. The van der Waals surface area contributed by atoms with Crippen molar-refractivity contribution in [1.82, 2.24) is 0 Å². The molecule has 0 aliphatic heterocycles. The van der Waals surface area contributed by atoms with Gasteiger partial charge >= 0.3 is 0 Å². The zero-order valence-electron chi connectivity index (χ0n) is 12.6. The lowest BCUT2D eigenvalue weighted by atomic mass is 9.75. The molecule has 0 saturated heterocycles. The normalized spacial score (nSPS) is 28.8. The van der Waals surface area contributed by atoms with Crippen LogP contribution in [0, 0.1) is 17.8 Å². The van der Waals surface area contributed by atoms with Gasteiger partial charge in [-0.25, -0.2) is 0 Å². The van der Waals surface area contributed by atoms with Gasteiger partial charge in [-0.2, -0.15) is 0 Å². The Morgan fingerprint density at radius 3 is 2.74 bits per heavy atom. The first-order valence-corrected chi connectivity index (χ1v) is 7.62. The molecule has 3 unspecified atom stereocenters. The summed E-state index contributed by atoms with van der Waals surface area (Å²) in [7, 11) is 0. The quantitative estimate of drug-likeness (QED) is 0.245. The van der Waals surface area contributed by atoms with E-state index < -0.39 is 0 Å². The van der Waals surface area contributed by atoms with Gasteiger partial charge in [-0.15, -0.1) is 0 Å². The van der Waals surface area contributed by atoms with E-state index in [9.17, 15) is 0 Å². The predicted octanol–water partition coefficient (Wildman–Crippen LogP) is 3.38. The minimum Gasteiger partial charge on any atom is -0.409 e. The average Bonchev–Trinajstić information content (AvgIpc) is 2.37. The molecule has 0 amide bonds. The smallest absolute Gasteiger partial charge is 0.139 e. The van der Waals surface area contributed by atoms with Crippen molar-refractivity contribution in [3.63, 3.8) is 0 Å². The molecule has 0 aromatic heterocycles. The van der Waals surface area contributed by atoms with Gasteiger partial charge in [0.25, 0.3) is 0 Å². The van der Waals surface area contributed by atoms with E-state index >= 15 is 0 Å². The highest BCUT2D eigenvalue weighted by molar-refractivity contribution is 5.79. The van der Waals surface area contributed by atoms with Gasteiger partial charge in [0.05, 0.1) is 6.10 Å². The van der Waals surface area contributed by atoms with Crippen LogP contribution in [-0.4, -0.2) is 23.8 Å². The van der Waals surface area contributed by atoms with Crippen molar-refractivity contribution in [3.8, 4) is 0 Å². The van der Waals surface area contributed by atoms with Gasteiger partial charge in [0.1, 0.15) is 5.84 Å². The van der Waals surface area contributed by atoms with Crippen LogP contribution < -0.4 is 5.73 Å². The van der Waals surface area contributed by atoms with Crippen LogP contribution in [0.2, 0.25) is 0 Å². The van der Waals surface area contributed by atoms with E-state index in [2.05, 4.69) is 25.9 Å². The first kappa shape index (κ1) is 16.3. The average molecular weight is 270 g/mol. The first-order chi connectivity index (χ1) is 9.04. The molecule has 0 radical (unpaired) electrons. The van der Waals surface area contributed by atoms with Crippen LogP contribution in [0.4, 0.5) is 0 Å². The van der Waals surface area contributed by atoms with Crippen LogP contribution >= 0.6 is 0 Å². The summed E-state index contributed by atoms with van der Waals surface area (Å²) in [6.45, 7) is 7.72. The van der Waals surface area contributed by atoms with Crippen LogP contribution in [0.3, 0.4) is 0 Å². The summed E-state index contributed by atoms with van der Waals surface area (Å²) in [6, 6.07) is 0. The number of hydrogen-bond acceptors (Lipinski definition) is 3. The van der Waals surface area contributed by atoms with E-state index in [1.807, 2.05) is 0 Å². The largest absolute Gasteiger partial charge is 0.409 e. The summed E-state index contributed by atoms with van der Waals surface area (Å²) in [5.41, 5.74) is 5.44. The van der Waals surface area contributed by atoms with Crippen LogP contribution in [0.15, 0.2) is 5.16 Å². The van der Waals surface area contributed by atoms with Gasteiger partial charge in [0.2, 0.25) is 0 Å². The summed E-state index contributed by atoms with van der Waals surface area (Å²) >= 11 is 0. The number of rotatable bonds is 7. The second-order valence-electron chi connectivity index (χ2n) is 6.28. The molecule has 3 N–H and O–H groups in total. The van der Waals surface area contributed by atoms with Gasteiger partial charge in [-0.05, 0) is 43.4 Å². The van der Waals surface area contributed by atoms with E-state index in [0.29, 0.717) is 30.2 Å². The van der Waals surface area contributed by atoms with Crippen LogP contribution in [-0.2, 0) is 4.74 Å². The lowest BCUT2D eigenvalue weighted by Gasteiger charge is -2.37. The highest BCUT2D eigenvalue weighted by atomic mass is 16.5. The Labute approximate surface area is 117 Å². The Morgan fingerprint density at radius 1 is 1.37 bits per heavy atom. The maximum atomic E-state index is 8.45. The first-order valence-electron chi connectivity index (χ1n) is 7.62. The van der Waals surface area contributed by atoms with Crippen molar-refractivity contribution >= 4 is 5.84 Å². The van der Waals surface area contributed by atoms with Crippen molar-refractivity contribution < 1.29 is 9.94 Å². The lowest BCUT2D eigenvalue weighted by molar-refractivity contribution is -0.0392. The Bertz CT molecular complexity index is 279. The topological polar surface area (TPSA) is 67.8 Å². The summed E-state index contributed by atoms with van der Waals surface area (Å²) in [6.07, 6.45) is 6.81. The monoisotopic (exact) mass is 270 g/mol. The molecule has 4 heteroatoms. The second kappa shape index (κ2) is 8.41. The second-order valence-corrected chi connectivity index (χ2v) is 6.28. The molecular weight excluding hydrogens is 240 g/mol. The molecule has 0 aromatic carbocycles. The Kier molecular flexibility index (Phi) is 7.21. The van der Waals surface area contributed by atoms with Crippen molar-refractivity contribution in [2.24, 2.45) is 28.6 Å². The van der Waals surface area contributed by atoms with Crippen molar-refractivity contribution in [3.05, 3.63) is 0 Å². The fraction of sp³-hybridized carbons (Fsp3) is 0.933. The number of amidine groups is 1. The molecule has 0 spiro atoms. The van der Waals surface area contributed by atoms with E-state index in [1.54, 1.807) is 0 Å². The molecule has 1 aliphatic rings. The standard InChI is InChI=1S/C15H30N2O2/c1-11(2)13-8-7-12(3)10-14(13)19-9-5-4-6-15(16)17-18/h11-14,18H,4-10H2,1-3H3,(H2,16,17). The van der Waals surface area contributed by atoms with E-state index in [-0.39, 0.29) is 0 Å². The van der Waals surface area contributed by atoms with Crippen molar-refractivity contribution in [2.45, 2.75) is 65.4 Å². The van der Waals surface area contributed by atoms with Crippen molar-refractivity contribution in [2.75, 3.05) is 6.61 Å². The minimum absolute atomic E-state index is 0.311. The number of ether oxygens (including phenoxy) is 1. The van der Waals surface area contributed by atoms with Crippen molar-refractivity contribution in [1.29, 1.82) is 0 Å². The fourth-order valence-corrected chi connectivity index (χ4v) is 3.00. The number of oxime groups is 1. The molecule has 1 aliphatic carbocycles. The molecule has 0 heterocycles. The molecule has 0 aromatic rings. The van der Waals surface area contributed by atoms with E-state index in [0.717, 1.165) is 25.4 Å². The Hall–Kier alpha value is -0.770. The molecule has 1 saturated carbocycles. The lowest BCUT2D eigenvalue weighted by Crippen LogP contribution is -2.34. The highest BCUT2D eigenvalue weighted by Gasteiger charge is 2.31. The third-order valence-electron chi connectivity index (χ3n) is 4.25. The highest BCUT2D eigenvalue weighted by Crippen LogP contribution is 2.35. The summed E-state index contributed by atoms with van der Waals surface area (Å²) in [5.74, 6) is 2.51.